The zero-order valence-corrected chi connectivity index (χ0v) is 11.9. The van der Waals surface area contributed by atoms with E-state index < -0.39 is 0 Å². The molecule has 0 saturated carbocycles. The standard InChI is InChI=1S/C15H25NO2/c1-12(16-11-15(2,3)9-10-17)13-7-5-6-8-14(13)18-4/h5-8,12,16-17H,9-11H2,1-4H3. The molecule has 0 aliphatic carbocycles. The first kappa shape index (κ1) is 15.0. The monoisotopic (exact) mass is 251 g/mol. The topological polar surface area (TPSA) is 41.5 Å². The van der Waals surface area contributed by atoms with Crippen LogP contribution in [0.3, 0.4) is 0 Å². The van der Waals surface area contributed by atoms with Crippen molar-refractivity contribution in [3.8, 4) is 5.75 Å². The molecule has 0 heterocycles. The van der Waals surface area contributed by atoms with E-state index in [-0.39, 0.29) is 18.1 Å². The van der Waals surface area contributed by atoms with Gasteiger partial charge in [0.25, 0.3) is 0 Å². The van der Waals surface area contributed by atoms with Crippen LogP contribution in [-0.2, 0) is 0 Å². The predicted octanol–water partition coefficient (Wildman–Crippen LogP) is 2.75. The number of hydrogen-bond acceptors (Lipinski definition) is 3. The van der Waals surface area contributed by atoms with Crippen molar-refractivity contribution in [2.24, 2.45) is 5.41 Å². The first-order valence-electron chi connectivity index (χ1n) is 6.47. The van der Waals surface area contributed by atoms with Crippen molar-refractivity contribution in [2.75, 3.05) is 20.3 Å². The van der Waals surface area contributed by atoms with Crippen LogP contribution in [0.15, 0.2) is 24.3 Å². The smallest absolute Gasteiger partial charge is 0.123 e. The van der Waals surface area contributed by atoms with Crippen molar-refractivity contribution < 1.29 is 9.84 Å². The number of aliphatic hydroxyl groups excluding tert-OH is 1. The SMILES string of the molecule is COc1ccccc1C(C)NCC(C)(C)CCO. The fraction of sp³-hybridized carbons (Fsp3) is 0.600. The molecule has 18 heavy (non-hydrogen) atoms. The van der Waals surface area contributed by atoms with E-state index >= 15 is 0 Å². The summed E-state index contributed by atoms with van der Waals surface area (Å²) in [6, 6.07) is 8.29. The van der Waals surface area contributed by atoms with Gasteiger partial charge in [-0.3, -0.25) is 0 Å². The zero-order chi connectivity index (χ0) is 13.6. The van der Waals surface area contributed by atoms with Gasteiger partial charge in [-0.2, -0.15) is 0 Å². The number of benzene rings is 1. The second-order valence-corrected chi connectivity index (χ2v) is 5.48. The predicted molar refractivity (Wildman–Crippen MR) is 74.9 cm³/mol. The van der Waals surface area contributed by atoms with Gasteiger partial charge in [0.15, 0.2) is 0 Å². The van der Waals surface area contributed by atoms with Gasteiger partial charge in [0.2, 0.25) is 0 Å². The number of nitrogens with one attached hydrogen (secondary N) is 1. The highest BCUT2D eigenvalue weighted by atomic mass is 16.5. The van der Waals surface area contributed by atoms with Crippen LogP contribution in [0.5, 0.6) is 5.75 Å². The third-order valence-electron chi connectivity index (χ3n) is 3.28. The molecule has 0 aromatic heterocycles. The highest BCUT2D eigenvalue weighted by Crippen LogP contribution is 2.26. The molecule has 3 nitrogen and oxygen atoms in total. The van der Waals surface area contributed by atoms with Gasteiger partial charge in [0.05, 0.1) is 7.11 Å². The van der Waals surface area contributed by atoms with E-state index in [1.165, 1.54) is 5.56 Å². The fourth-order valence-electron chi connectivity index (χ4n) is 1.95. The summed E-state index contributed by atoms with van der Waals surface area (Å²) in [4.78, 5) is 0. The summed E-state index contributed by atoms with van der Waals surface area (Å²) in [5.74, 6) is 0.914. The minimum atomic E-state index is 0.102. The highest BCUT2D eigenvalue weighted by molar-refractivity contribution is 5.35. The summed E-state index contributed by atoms with van der Waals surface area (Å²) in [5, 5.41) is 12.5. The summed E-state index contributed by atoms with van der Waals surface area (Å²) < 4.78 is 5.37. The van der Waals surface area contributed by atoms with Crippen LogP contribution in [0, 0.1) is 5.41 Å². The third kappa shape index (κ3) is 4.31. The van der Waals surface area contributed by atoms with Crippen molar-refractivity contribution >= 4 is 0 Å². The molecule has 1 rings (SSSR count). The Morgan fingerprint density at radius 2 is 2.00 bits per heavy atom. The van der Waals surface area contributed by atoms with E-state index in [1.807, 2.05) is 18.2 Å². The largest absolute Gasteiger partial charge is 0.496 e. The van der Waals surface area contributed by atoms with Crippen molar-refractivity contribution in [1.82, 2.24) is 5.32 Å². The molecule has 102 valence electrons. The molecule has 0 bridgehead atoms. The minimum absolute atomic E-state index is 0.102. The maximum absolute atomic E-state index is 9.02. The van der Waals surface area contributed by atoms with Crippen LogP contribution >= 0.6 is 0 Å². The Hall–Kier alpha value is -1.06. The Labute approximate surface area is 110 Å². The number of methoxy groups -OCH3 is 1. The molecule has 0 aliphatic heterocycles. The molecule has 0 amide bonds. The maximum atomic E-state index is 9.02. The van der Waals surface area contributed by atoms with Gasteiger partial charge in [-0.25, -0.2) is 0 Å². The van der Waals surface area contributed by atoms with Gasteiger partial charge in [-0.05, 0) is 24.8 Å². The van der Waals surface area contributed by atoms with Crippen LogP contribution in [0.2, 0.25) is 0 Å². The van der Waals surface area contributed by atoms with Crippen LogP contribution < -0.4 is 10.1 Å². The molecule has 0 fully saturated rings. The highest BCUT2D eigenvalue weighted by Gasteiger charge is 2.19. The van der Waals surface area contributed by atoms with Gasteiger partial charge in [0, 0.05) is 24.8 Å². The molecule has 0 radical (unpaired) electrons. The van der Waals surface area contributed by atoms with Crippen LogP contribution in [0.25, 0.3) is 0 Å². The van der Waals surface area contributed by atoms with Crippen LogP contribution in [0.4, 0.5) is 0 Å². The molecular formula is C15H25NO2. The minimum Gasteiger partial charge on any atom is -0.496 e. The first-order valence-corrected chi connectivity index (χ1v) is 6.47. The van der Waals surface area contributed by atoms with Gasteiger partial charge in [0.1, 0.15) is 5.75 Å². The van der Waals surface area contributed by atoms with Gasteiger partial charge in [-0.15, -0.1) is 0 Å². The molecule has 0 spiro atoms. The van der Waals surface area contributed by atoms with E-state index in [0.29, 0.717) is 0 Å². The lowest BCUT2D eigenvalue weighted by Gasteiger charge is -2.27. The quantitative estimate of drug-likeness (QED) is 0.783. The van der Waals surface area contributed by atoms with Crippen molar-refractivity contribution in [3.05, 3.63) is 29.8 Å². The Balaban J connectivity index is 2.62. The van der Waals surface area contributed by atoms with Crippen LogP contribution in [0.1, 0.15) is 38.8 Å². The first-order chi connectivity index (χ1) is 8.50. The molecule has 0 saturated heterocycles. The second-order valence-electron chi connectivity index (χ2n) is 5.48. The molecule has 1 atom stereocenters. The number of ether oxygens (including phenoxy) is 1. The molecular weight excluding hydrogens is 226 g/mol. The number of hydrogen-bond donors (Lipinski definition) is 2. The van der Waals surface area contributed by atoms with Crippen molar-refractivity contribution in [3.63, 3.8) is 0 Å². The Morgan fingerprint density at radius 3 is 2.61 bits per heavy atom. The lowest BCUT2D eigenvalue weighted by atomic mass is 9.89. The molecule has 0 aliphatic rings. The van der Waals surface area contributed by atoms with Gasteiger partial charge < -0.3 is 15.2 Å². The summed E-state index contributed by atoms with van der Waals surface area (Å²) in [6.07, 6.45) is 0.804. The van der Waals surface area contributed by atoms with E-state index in [1.54, 1.807) is 7.11 Å². The van der Waals surface area contributed by atoms with E-state index in [9.17, 15) is 0 Å². The molecule has 1 aromatic carbocycles. The van der Waals surface area contributed by atoms with Crippen LogP contribution in [-0.4, -0.2) is 25.4 Å². The van der Waals surface area contributed by atoms with E-state index in [4.69, 9.17) is 9.84 Å². The average Bonchev–Trinajstić information content (AvgIpc) is 2.36. The van der Waals surface area contributed by atoms with Gasteiger partial charge >= 0.3 is 0 Å². The molecule has 3 heteroatoms. The Kier molecular flexibility index (Phi) is 5.63. The summed E-state index contributed by atoms with van der Waals surface area (Å²) in [7, 11) is 1.70. The second kappa shape index (κ2) is 6.76. The van der Waals surface area contributed by atoms with Gasteiger partial charge in [-0.1, -0.05) is 32.0 Å². The number of para-hydroxylation sites is 1. The number of aliphatic hydroxyl groups is 1. The van der Waals surface area contributed by atoms with E-state index in [0.717, 1.165) is 18.7 Å². The van der Waals surface area contributed by atoms with Crippen molar-refractivity contribution in [1.29, 1.82) is 0 Å². The molecule has 2 N–H and O–H groups in total. The average molecular weight is 251 g/mol. The molecule has 1 aromatic rings. The summed E-state index contributed by atoms with van der Waals surface area (Å²) in [6.45, 7) is 7.55. The third-order valence-corrected chi connectivity index (χ3v) is 3.28. The zero-order valence-electron chi connectivity index (χ0n) is 11.9. The summed E-state index contributed by atoms with van der Waals surface area (Å²) >= 11 is 0. The normalized spacial score (nSPS) is 13.4. The summed E-state index contributed by atoms with van der Waals surface area (Å²) in [5.41, 5.74) is 1.27. The lowest BCUT2D eigenvalue weighted by molar-refractivity contribution is 0.203. The Bertz CT molecular complexity index is 363. The van der Waals surface area contributed by atoms with E-state index in [2.05, 4.69) is 32.2 Å². The maximum Gasteiger partial charge on any atom is 0.123 e. The fourth-order valence-corrected chi connectivity index (χ4v) is 1.95. The molecule has 1 unspecified atom stereocenters. The Morgan fingerprint density at radius 1 is 1.33 bits per heavy atom. The lowest BCUT2D eigenvalue weighted by Crippen LogP contribution is -2.32. The number of rotatable bonds is 7. The van der Waals surface area contributed by atoms with Crippen molar-refractivity contribution in [2.45, 2.75) is 33.2 Å².